The number of carbonyl (C=O) groups excluding carboxylic acids is 1. The van der Waals surface area contributed by atoms with Crippen molar-refractivity contribution in [1.29, 1.82) is 0 Å². The number of ether oxygens (including phenoxy) is 2. The van der Waals surface area contributed by atoms with Crippen LogP contribution in [0.4, 0.5) is 10.5 Å². The van der Waals surface area contributed by atoms with Crippen LogP contribution in [0.2, 0.25) is 0 Å². The summed E-state index contributed by atoms with van der Waals surface area (Å²) in [4.78, 5) is 17.1. The Morgan fingerprint density at radius 1 is 1.00 bits per heavy atom. The normalized spacial score (nSPS) is 18.3. The van der Waals surface area contributed by atoms with Crippen LogP contribution in [-0.4, -0.2) is 46.1 Å². The van der Waals surface area contributed by atoms with Crippen molar-refractivity contribution in [3.05, 3.63) is 48.3 Å². The second-order valence-electron chi connectivity index (χ2n) is 11.2. The van der Waals surface area contributed by atoms with Gasteiger partial charge in [0.1, 0.15) is 11.9 Å². The van der Waals surface area contributed by atoms with Gasteiger partial charge >= 0.3 is 6.03 Å². The van der Waals surface area contributed by atoms with Crippen molar-refractivity contribution in [3.8, 4) is 28.5 Å². The van der Waals surface area contributed by atoms with Gasteiger partial charge in [-0.3, -0.25) is 0 Å². The highest BCUT2D eigenvalue weighted by Crippen LogP contribution is 2.47. The number of urea groups is 1. The lowest BCUT2D eigenvalue weighted by molar-refractivity contribution is 0.0256. The Morgan fingerprint density at radius 3 is 2.42 bits per heavy atom. The van der Waals surface area contributed by atoms with E-state index in [1.54, 1.807) is 0 Å². The van der Waals surface area contributed by atoms with Crippen LogP contribution in [0.25, 0.3) is 33.6 Å². The van der Waals surface area contributed by atoms with Gasteiger partial charge in [0.05, 0.1) is 30.0 Å². The fourth-order valence-electron chi connectivity index (χ4n) is 5.89. The van der Waals surface area contributed by atoms with E-state index in [-0.39, 0.29) is 18.2 Å². The van der Waals surface area contributed by atoms with Gasteiger partial charge in [-0.25, -0.2) is 4.79 Å². The van der Waals surface area contributed by atoms with E-state index in [1.165, 1.54) is 12.8 Å². The molecule has 0 atom stereocenters. The van der Waals surface area contributed by atoms with E-state index in [4.69, 9.17) is 14.0 Å². The number of nitrogens with zero attached hydrogens (tertiary/aromatic N) is 3. The Bertz CT molecular complexity index is 1510. The molecule has 208 valence electrons. The van der Waals surface area contributed by atoms with Gasteiger partial charge in [-0.05, 0) is 75.3 Å². The van der Waals surface area contributed by atoms with E-state index >= 15 is 0 Å². The van der Waals surface area contributed by atoms with E-state index in [0.717, 1.165) is 90.9 Å². The van der Waals surface area contributed by atoms with E-state index in [0.29, 0.717) is 17.8 Å². The van der Waals surface area contributed by atoms with E-state index < -0.39 is 0 Å². The maximum absolute atomic E-state index is 12.4. The number of benzene rings is 2. The number of aryl methyl sites for hydroxylation is 1. The minimum Gasteiger partial charge on any atom is -0.490 e. The van der Waals surface area contributed by atoms with E-state index in [9.17, 15) is 4.79 Å². The molecule has 1 saturated heterocycles. The predicted molar refractivity (Wildman–Crippen MR) is 153 cm³/mol. The van der Waals surface area contributed by atoms with E-state index in [2.05, 4.69) is 49.6 Å². The Balaban J connectivity index is 1.29. The first-order chi connectivity index (χ1) is 19.6. The van der Waals surface area contributed by atoms with Gasteiger partial charge in [0.2, 0.25) is 0 Å². The molecule has 3 fully saturated rings. The second-order valence-corrected chi connectivity index (χ2v) is 11.2. The summed E-state index contributed by atoms with van der Waals surface area (Å²) in [5, 5.41) is 11.2. The third-order valence-corrected chi connectivity index (χ3v) is 8.48. The summed E-state index contributed by atoms with van der Waals surface area (Å²) >= 11 is 0. The molecule has 2 amide bonds. The van der Waals surface area contributed by atoms with Gasteiger partial charge in [0.15, 0.2) is 5.82 Å². The number of anilines is 1. The number of aromatic nitrogens is 3. The topological polar surface area (TPSA) is 103 Å². The first-order valence-corrected chi connectivity index (χ1v) is 14.5. The number of fused-ring (bicyclic) bond motifs is 1. The fourth-order valence-corrected chi connectivity index (χ4v) is 5.89. The first kappa shape index (κ1) is 25.1. The summed E-state index contributed by atoms with van der Waals surface area (Å²) in [5.41, 5.74) is 4.89. The van der Waals surface area contributed by atoms with Crippen molar-refractivity contribution in [3.63, 3.8) is 0 Å². The van der Waals surface area contributed by atoms with Crippen LogP contribution >= 0.6 is 0 Å². The molecule has 3 aliphatic rings. The number of amides is 2. The van der Waals surface area contributed by atoms with Gasteiger partial charge in [0, 0.05) is 42.1 Å². The molecule has 0 bridgehead atoms. The van der Waals surface area contributed by atoms with Gasteiger partial charge < -0.3 is 29.2 Å². The summed E-state index contributed by atoms with van der Waals surface area (Å²) in [6.45, 7) is 3.32. The minimum atomic E-state index is -0.153. The van der Waals surface area contributed by atoms with Crippen LogP contribution in [-0.2, 0) is 4.74 Å². The molecule has 2 aromatic heterocycles. The molecule has 2 saturated carbocycles. The minimum absolute atomic E-state index is 0.153. The van der Waals surface area contributed by atoms with Crippen molar-refractivity contribution in [2.45, 2.75) is 76.5 Å². The number of rotatable bonds is 7. The first-order valence-electron chi connectivity index (χ1n) is 14.5. The van der Waals surface area contributed by atoms with Gasteiger partial charge in [-0.1, -0.05) is 17.3 Å². The average Bonchev–Trinajstić information content (AvgIpc) is 3.47. The zero-order chi connectivity index (χ0) is 27.1. The van der Waals surface area contributed by atoms with Crippen molar-refractivity contribution < 1.29 is 18.8 Å². The largest absolute Gasteiger partial charge is 0.490 e. The lowest BCUT2D eigenvalue weighted by Crippen LogP contribution is -2.41. The molecule has 9 heteroatoms. The molecular weight excluding hydrogens is 506 g/mol. The smallest absolute Gasteiger partial charge is 0.319 e. The van der Waals surface area contributed by atoms with Crippen LogP contribution < -0.4 is 15.4 Å². The third kappa shape index (κ3) is 4.83. The summed E-state index contributed by atoms with van der Waals surface area (Å²) in [5.74, 6) is 1.98. The van der Waals surface area contributed by atoms with Gasteiger partial charge in [-0.15, -0.1) is 0 Å². The van der Waals surface area contributed by atoms with Crippen molar-refractivity contribution in [1.82, 2.24) is 20.0 Å². The third-order valence-electron chi connectivity index (χ3n) is 8.48. The highest BCUT2D eigenvalue weighted by atomic mass is 16.5. The van der Waals surface area contributed by atoms with Gasteiger partial charge in [-0.2, -0.15) is 4.98 Å². The molecule has 0 spiro atoms. The molecule has 4 aromatic rings. The lowest BCUT2D eigenvalue weighted by Gasteiger charge is -2.30. The standard InChI is InChI=1S/C31H35N5O4/c1-19-32-30(40-35-19)28-26-13-12-25(39-24-14-16-38-17-15-24)18-27(26)36(23-6-3-7-23)29(28)20-8-10-22(11-9-20)34-31(37)33-21-4-2-5-21/h8-13,18,21,23-24H,2-7,14-17H2,1H3,(H2,33,34,37). The quantitative estimate of drug-likeness (QED) is 0.272. The molecule has 40 heavy (non-hydrogen) atoms. The van der Waals surface area contributed by atoms with Crippen LogP contribution in [0.3, 0.4) is 0 Å². The second kappa shape index (κ2) is 10.6. The van der Waals surface area contributed by atoms with Gasteiger partial charge in [0.25, 0.3) is 5.89 Å². The molecule has 3 heterocycles. The van der Waals surface area contributed by atoms with Crippen LogP contribution in [0.5, 0.6) is 5.75 Å². The fraction of sp³-hybridized carbons (Fsp3) is 0.452. The zero-order valence-corrected chi connectivity index (χ0v) is 22.8. The highest BCUT2D eigenvalue weighted by molar-refractivity contribution is 6.03. The number of carbonyl (C=O) groups is 1. The molecule has 2 aromatic carbocycles. The monoisotopic (exact) mass is 541 g/mol. The van der Waals surface area contributed by atoms with Crippen LogP contribution in [0.1, 0.15) is 63.2 Å². The Labute approximate surface area is 233 Å². The highest BCUT2D eigenvalue weighted by Gasteiger charge is 2.31. The molecule has 7 rings (SSSR count). The summed E-state index contributed by atoms with van der Waals surface area (Å²) in [6, 6.07) is 14.9. The SMILES string of the molecule is Cc1noc(-c2c(-c3ccc(NC(=O)NC4CCC4)cc3)n(C3CCC3)c3cc(OC4CCOCC4)ccc23)n1. The molecule has 9 nitrogen and oxygen atoms in total. The summed E-state index contributed by atoms with van der Waals surface area (Å²) < 4.78 is 20.1. The molecule has 2 N–H and O–H groups in total. The van der Waals surface area contributed by atoms with Crippen molar-refractivity contribution in [2.24, 2.45) is 0 Å². The number of nitrogens with one attached hydrogen (secondary N) is 2. The van der Waals surface area contributed by atoms with E-state index in [1.807, 2.05) is 25.1 Å². The maximum Gasteiger partial charge on any atom is 0.319 e. The lowest BCUT2D eigenvalue weighted by atomic mass is 9.92. The number of hydrogen-bond acceptors (Lipinski definition) is 6. The molecule has 2 aliphatic carbocycles. The Kier molecular flexibility index (Phi) is 6.67. The predicted octanol–water partition coefficient (Wildman–Crippen LogP) is 6.62. The molecular formula is C31H35N5O4. The summed E-state index contributed by atoms with van der Waals surface area (Å²) in [7, 11) is 0. The maximum atomic E-state index is 12.4. The molecule has 1 aliphatic heterocycles. The van der Waals surface area contributed by atoms with Crippen molar-refractivity contribution in [2.75, 3.05) is 18.5 Å². The number of hydrogen-bond donors (Lipinski definition) is 2. The average molecular weight is 542 g/mol. The Morgan fingerprint density at radius 2 is 1.77 bits per heavy atom. The van der Waals surface area contributed by atoms with Crippen molar-refractivity contribution >= 4 is 22.6 Å². The van der Waals surface area contributed by atoms with Crippen LogP contribution in [0, 0.1) is 6.92 Å². The Hall–Kier alpha value is -3.85. The molecule has 0 radical (unpaired) electrons. The summed E-state index contributed by atoms with van der Waals surface area (Å²) in [6.07, 6.45) is 8.69. The van der Waals surface area contributed by atoms with Crippen LogP contribution in [0.15, 0.2) is 47.0 Å². The zero-order valence-electron chi connectivity index (χ0n) is 22.8. The molecule has 0 unspecified atom stereocenters.